The van der Waals surface area contributed by atoms with Crippen LogP contribution in [-0.4, -0.2) is 47.3 Å². The number of nitrogens with zero attached hydrogens (tertiary/aromatic N) is 1. The lowest BCUT2D eigenvalue weighted by molar-refractivity contribution is -0.237. The molecule has 1 aliphatic rings. The van der Waals surface area contributed by atoms with Crippen molar-refractivity contribution in [3.63, 3.8) is 0 Å². The summed E-state index contributed by atoms with van der Waals surface area (Å²) in [6.45, 7) is 10.7. The number of hydrogen-bond acceptors (Lipinski definition) is 5. The zero-order valence-corrected chi connectivity index (χ0v) is 12.0. The molecule has 0 radical (unpaired) electrons. The van der Waals surface area contributed by atoms with Crippen molar-refractivity contribution in [1.82, 2.24) is 5.32 Å². The Bertz CT molecular complexity index is 306. The Labute approximate surface area is 113 Å². The average Bonchev–Trinajstić information content (AvgIpc) is 2.63. The molecule has 18 heavy (non-hydrogen) atoms. The van der Waals surface area contributed by atoms with Crippen LogP contribution in [0.2, 0.25) is 0 Å². The lowest BCUT2D eigenvalue weighted by Gasteiger charge is -2.34. The van der Waals surface area contributed by atoms with Crippen LogP contribution in [0.4, 0.5) is 0 Å². The molecule has 0 amide bonds. The minimum absolute atomic E-state index is 0.107. The van der Waals surface area contributed by atoms with Gasteiger partial charge in [0.05, 0.1) is 11.8 Å². The molecular weight excluding hydrogens is 252 g/mol. The summed E-state index contributed by atoms with van der Waals surface area (Å²) in [4.78, 5) is 4.27. The number of hydrogen-bond donors (Lipinski definition) is 2. The number of rotatable bonds is 7. The van der Waals surface area contributed by atoms with Crippen LogP contribution in [0.25, 0.3) is 0 Å². The van der Waals surface area contributed by atoms with Crippen LogP contribution in [0, 0.1) is 0 Å². The molecule has 2 atom stereocenters. The molecule has 0 spiro atoms. The summed E-state index contributed by atoms with van der Waals surface area (Å²) in [6, 6.07) is 0. The third kappa shape index (κ3) is 3.47. The average molecular weight is 274 g/mol. The predicted octanol–water partition coefficient (Wildman–Crippen LogP) is 1.34. The molecule has 104 valence electrons. The van der Waals surface area contributed by atoms with E-state index in [1.807, 2.05) is 20.8 Å². The smallest absolute Gasteiger partial charge is 0.207 e. The quantitative estimate of drug-likeness (QED) is 0.542. The zero-order chi connectivity index (χ0) is 13.6. The molecule has 0 bridgehead atoms. The van der Waals surface area contributed by atoms with Gasteiger partial charge in [0.2, 0.25) is 12.0 Å². The third-order valence-corrected chi connectivity index (χ3v) is 3.74. The van der Waals surface area contributed by atoms with Gasteiger partial charge in [0.25, 0.3) is 0 Å². The van der Waals surface area contributed by atoms with Gasteiger partial charge in [0, 0.05) is 13.2 Å². The maximum absolute atomic E-state index is 10.7. The number of thioether (sulfide) groups is 1. The number of ether oxygens (including phenoxy) is 2. The van der Waals surface area contributed by atoms with E-state index < -0.39 is 12.0 Å². The van der Waals surface area contributed by atoms with E-state index in [-0.39, 0.29) is 5.25 Å². The minimum atomic E-state index is -1.25. The van der Waals surface area contributed by atoms with Crippen LogP contribution >= 0.6 is 11.8 Å². The van der Waals surface area contributed by atoms with E-state index in [1.165, 1.54) is 11.8 Å². The molecule has 1 rings (SSSR count). The maximum atomic E-state index is 10.7. The lowest BCUT2D eigenvalue weighted by Crippen LogP contribution is -2.58. The van der Waals surface area contributed by atoms with Crippen LogP contribution in [0.1, 0.15) is 20.8 Å². The Balaban J connectivity index is 2.79. The minimum Gasteiger partial charge on any atom is -0.366 e. The van der Waals surface area contributed by atoms with Gasteiger partial charge in [-0.2, -0.15) is 0 Å². The molecule has 5 nitrogen and oxygen atoms in total. The second-order valence-electron chi connectivity index (χ2n) is 3.89. The van der Waals surface area contributed by atoms with Crippen LogP contribution in [0.5, 0.6) is 0 Å². The topological polar surface area (TPSA) is 63.1 Å². The zero-order valence-electron chi connectivity index (χ0n) is 11.2. The summed E-state index contributed by atoms with van der Waals surface area (Å²) in [5.74, 6) is 0. The highest BCUT2D eigenvalue weighted by molar-refractivity contribution is 8.14. The van der Waals surface area contributed by atoms with Gasteiger partial charge in [-0.1, -0.05) is 17.8 Å². The van der Waals surface area contributed by atoms with Crippen LogP contribution in [-0.2, 0) is 9.47 Å². The molecule has 0 saturated carbocycles. The fourth-order valence-corrected chi connectivity index (χ4v) is 2.70. The Kier molecular flexibility index (Phi) is 6.14. The highest BCUT2D eigenvalue weighted by atomic mass is 32.2. The van der Waals surface area contributed by atoms with Gasteiger partial charge in [-0.15, -0.1) is 6.58 Å². The Morgan fingerprint density at radius 3 is 2.67 bits per heavy atom. The van der Waals surface area contributed by atoms with Crippen molar-refractivity contribution in [3.8, 4) is 0 Å². The number of aliphatic hydroxyl groups is 1. The lowest BCUT2D eigenvalue weighted by atomic mass is 10.1. The van der Waals surface area contributed by atoms with Gasteiger partial charge in [-0.3, -0.25) is 4.99 Å². The van der Waals surface area contributed by atoms with Crippen molar-refractivity contribution in [2.75, 3.05) is 19.8 Å². The first-order chi connectivity index (χ1) is 8.58. The first kappa shape index (κ1) is 15.5. The summed E-state index contributed by atoms with van der Waals surface area (Å²) in [5, 5.41) is 14.2. The number of amidine groups is 1. The standard InChI is InChI=1S/C12H22N2O3S/c1-5-8-13-11-14-12(15,9(4)18-11)10(16-6-2)17-7-3/h5,9-10,15H,1,6-8H2,2-4H3,(H,13,14). The van der Waals surface area contributed by atoms with Crippen molar-refractivity contribution < 1.29 is 14.6 Å². The second-order valence-corrected chi connectivity index (χ2v) is 5.22. The molecule has 0 aromatic carbocycles. The van der Waals surface area contributed by atoms with E-state index in [1.54, 1.807) is 6.08 Å². The van der Waals surface area contributed by atoms with E-state index in [2.05, 4.69) is 16.9 Å². The first-order valence-electron chi connectivity index (χ1n) is 6.14. The molecule has 0 aliphatic carbocycles. The van der Waals surface area contributed by atoms with Crippen molar-refractivity contribution in [1.29, 1.82) is 0 Å². The fourth-order valence-electron chi connectivity index (χ4n) is 1.64. The first-order valence-corrected chi connectivity index (χ1v) is 7.02. The summed E-state index contributed by atoms with van der Waals surface area (Å²) in [5.41, 5.74) is -1.25. The van der Waals surface area contributed by atoms with Gasteiger partial charge >= 0.3 is 0 Å². The molecule has 1 fully saturated rings. The SMILES string of the molecule is C=CCN=C1NC(O)(C(OCC)OCC)C(C)S1. The Hall–Kier alpha value is -0.560. The van der Waals surface area contributed by atoms with Crippen molar-refractivity contribution in [2.24, 2.45) is 4.99 Å². The highest BCUT2D eigenvalue weighted by Gasteiger charge is 2.50. The van der Waals surface area contributed by atoms with Crippen LogP contribution in [0.15, 0.2) is 17.6 Å². The van der Waals surface area contributed by atoms with Crippen LogP contribution in [0.3, 0.4) is 0 Å². The van der Waals surface area contributed by atoms with E-state index in [4.69, 9.17) is 9.47 Å². The van der Waals surface area contributed by atoms with Crippen molar-refractivity contribution >= 4 is 16.9 Å². The van der Waals surface area contributed by atoms with E-state index in [0.29, 0.717) is 24.9 Å². The normalized spacial score (nSPS) is 29.8. The fraction of sp³-hybridized carbons (Fsp3) is 0.750. The molecule has 6 heteroatoms. The number of aliphatic imine (C=N–C) groups is 1. The van der Waals surface area contributed by atoms with Crippen molar-refractivity contribution in [3.05, 3.63) is 12.7 Å². The molecule has 0 aromatic rings. The second kappa shape index (κ2) is 7.13. The maximum Gasteiger partial charge on any atom is 0.207 e. The summed E-state index contributed by atoms with van der Waals surface area (Å²) >= 11 is 1.47. The van der Waals surface area contributed by atoms with Crippen molar-refractivity contribution in [2.45, 2.75) is 38.0 Å². The largest absolute Gasteiger partial charge is 0.366 e. The molecule has 1 aliphatic heterocycles. The van der Waals surface area contributed by atoms with E-state index >= 15 is 0 Å². The Morgan fingerprint density at radius 1 is 1.56 bits per heavy atom. The molecule has 2 N–H and O–H groups in total. The van der Waals surface area contributed by atoms with E-state index in [9.17, 15) is 5.11 Å². The highest BCUT2D eigenvalue weighted by Crippen LogP contribution is 2.33. The van der Waals surface area contributed by atoms with Gasteiger partial charge < -0.3 is 19.9 Å². The summed E-state index contributed by atoms with van der Waals surface area (Å²) < 4.78 is 10.9. The predicted molar refractivity (Wildman–Crippen MR) is 74.7 cm³/mol. The Morgan fingerprint density at radius 2 is 2.17 bits per heavy atom. The van der Waals surface area contributed by atoms with Gasteiger partial charge in [-0.25, -0.2) is 0 Å². The van der Waals surface area contributed by atoms with Crippen LogP contribution < -0.4 is 5.32 Å². The van der Waals surface area contributed by atoms with Gasteiger partial charge in [0.1, 0.15) is 0 Å². The van der Waals surface area contributed by atoms with Gasteiger partial charge in [-0.05, 0) is 20.8 Å². The van der Waals surface area contributed by atoms with Gasteiger partial charge in [0.15, 0.2) is 5.17 Å². The molecule has 2 unspecified atom stereocenters. The van der Waals surface area contributed by atoms with E-state index in [0.717, 1.165) is 0 Å². The molecule has 0 aromatic heterocycles. The molecule has 1 heterocycles. The summed E-state index contributed by atoms with van der Waals surface area (Å²) in [7, 11) is 0. The number of nitrogens with one attached hydrogen (secondary N) is 1. The molecular formula is C12H22N2O3S. The summed E-state index contributed by atoms with van der Waals surface area (Å²) in [6.07, 6.45) is 1.01. The molecule has 1 saturated heterocycles. The third-order valence-electron chi connectivity index (χ3n) is 2.57. The monoisotopic (exact) mass is 274 g/mol.